The van der Waals surface area contributed by atoms with Gasteiger partial charge in [-0.2, -0.15) is 0 Å². The molecule has 102 valence electrons. The zero-order valence-electron chi connectivity index (χ0n) is 10.5. The van der Waals surface area contributed by atoms with Gasteiger partial charge in [0.1, 0.15) is 11.0 Å². The summed E-state index contributed by atoms with van der Waals surface area (Å²) in [5, 5.41) is 11.7. The average molecular weight is 291 g/mol. The van der Waals surface area contributed by atoms with Crippen LogP contribution in [0.3, 0.4) is 0 Å². The second-order valence-electron chi connectivity index (χ2n) is 5.13. The van der Waals surface area contributed by atoms with Gasteiger partial charge in [-0.1, -0.05) is 0 Å². The smallest absolute Gasteiger partial charge is 0.426 e. The van der Waals surface area contributed by atoms with E-state index in [1.807, 2.05) is 4.90 Å². The number of ether oxygens (including phenoxy) is 1. The lowest BCUT2D eigenvalue weighted by Crippen LogP contribution is -2.50. The number of aliphatic hydroxyl groups excluding tert-OH is 1. The Morgan fingerprint density at radius 1 is 1.61 bits per heavy atom. The van der Waals surface area contributed by atoms with Gasteiger partial charge in [-0.25, -0.2) is 15.2 Å². The van der Waals surface area contributed by atoms with E-state index >= 15 is 0 Å². The van der Waals surface area contributed by atoms with E-state index < -0.39 is 17.9 Å². The van der Waals surface area contributed by atoms with Gasteiger partial charge in [0.25, 0.3) is 0 Å². The number of hydrogen-bond acceptors (Lipinski definition) is 5. The van der Waals surface area contributed by atoms with Crippen LogP contribution in [0.2, 0.25) is 0 Å². The molecule has 2 N–H and O–H groups in total. The van der Waals surface area contributed by atoms with E-state index in [0.29, 0.717) is 5.11 Å². The summed E-state index contributed by atoms with van der Waals surface area (Å²) in [7, 11) is 0. The second kappa shape index (κ2) is 4.75. The molecule has 0 radical (unpaired) electrons. The maximum Gasteiger partial charge on any atom is 0.426 e. The Kier molecular flexibility index (Phi) is 3.61. The number of aliphatic hydroxyl groups is 1. The summed E-state index contributed by atoms with van der Waals surface area (Å²) in [6.45, 7) is 6.12. The molecule has 2 rings (SSSR count). The zero-order chi connectivity index (χ0) is 13.5. The number of carbonyl (C=O) groups is 1. The van der Waals surface area contributed by atoms with Crippen LogP contribution in [0.4, 0.5) is 4.79 Å². The molecule has 6 nitrogen and oxygen atoms in total. The molecule has 2 aliphatic heterocycles. The number of nitrogens with zero attached hydrogens (tertiary/aromatic N) is 2. The van der Waals surface area contributed by atoms with Crippen LogP contribution in [0.15, 0.2) is 0 Å². The number of nitrogens with one attached hydrogen (secondary N) is 1. The van der Waals surface area contributed by atoms with Crippen LogP contribution in [-0.2, 0) is 4.74 Å². The first-order valence-electron chi connectivity index (χ1n) is 5.69. The molecule has 2 aliphatic rings. The number of fused-ring (bicyclic) bond motifs is 1. The lowest BCUT2D eigenvalue weighted by Gasteiger charge is -2.26. The van der Waals surface area contributed by atoms with Crippen molar-refractivity contribution in [2.24, 2.45) is 0 Å². The molecule has 0 aliphatic carbocycles. The molecule has 0 saturated carbocycles. The number of amides is 1. The predicted molar refractivity (Wildman–Crippen MR) is 72.8 cm³/mol. The molecule has 2 heterocycles. The number of hydrogen-bond donors (Lipinski definition) is 2. The van der Waals surface area contributed by atoms with Gasteiger partial charge in [-0.05, 0) is 33.0 Å². The maximum absolute atomic E-state index is 11.7. The Morgan fingerprint density at radius 2 is 2.28 bits per heavy atom. The fourth-order valence-corrected chi connectivity index (χ4v) is 3.48. The minimum atomic E-state index is -0.836. The van der Waals surface area contributed by atoms with Gasteiger partial charge in [0, 0.05) is 12.3 Å². The highest BCUT2D eigenvalue weighted by atomic mass is 32.2. The molecule has 2 atom stereocenters. The third-order valence-corrected chi connectivity index (χ3v) is 4.20. The third kappa shape index (κ3) is 2.65. The van der Waals surface area contributed by atoms with Crippen LogP contribution in [-0.4, -0.2) is 55.7 Å². The summed E-state index contributed by atoms with van der Waals surface area (Å²) in [6.07, 6.45) is -1.45. The van der Waals surface area contributed by atoms with Gasteiger partial charge in [0.05, 0.1) is 0 Å². The average Bonchev–Trinajstić information content (AvgIpc) is 2.76. The molecule has 2 fully saturated rings. The van der Waals surface area contributed by atoms with E-state index in [2.05, 4.69) is 5.43 Å². The van der Waals surface area contributed by atoms with E-state index in [-0.39, 0.29) is 5.37 Å². The fraction of sp³-hybridized carbons (Fsp3) is 0.800. The van der Waals surface area contributed by atoms with Crippen molar-refractivity contribution in [3.05, 3.63) is 0 Å². The first-order valence-corrected chi connectivity index (χ1v) is 7.14. The highest BCUT2D eigenvalue weighted by molar-refractivity contribution is 8.00. The van der Waals surface area contributed by atoms with Crippen molar-refractivity contribution in [2.75, 3.05) is 12.3 Å². The molecule has 8 heteroatoms. The van der Waals surface area contributed by atoms with Gasteiger partial charge < -0.3 is 14.7 Å². The van der Waals surface area contributed by atoms with Crippen LogP contribution in [0.5, 0.6) is 0 Å². The molecule has 1 amide bonds. The van der Waals surface area contributed by atoms with Crippen LogP contribution in [0.25, 0.3) is 0 Å². The van der Waals surface area contributed by atoms with Crippen LogP contribution in [0, 0.1) is 0 Å². The molecule has 0 aromatic heterocycles. The first kappa shape index (κ1) is 13.7. The minimum Gasteiger partial charge on any atom is -0.443 e. The van der Waals surface area contributed by atoms with E-state index in [0.717, 1.165) is 12.3 Å². The number of thiocarbonyl (C=S) groups is 1. The van der Waals surface area contributed by atoms with Crippen molar-refractivity contribution in [2.45, 2.75) is 38.0 Å². The summed E-state index contributed by atoms with van der Waals surface area (Å²) in [4.78, 5) is 13.6. The van der Waals surface area contributed by atoms with E-state index in [1.54, 1.807) is 32.5 Å². The Balaban J connectivity index is 1.98. The molecular weight excluding hydrogens is 274 g/mol. The first-order chi connectivity index (χ1) is 8.29. The van der Waals surface area contributed by atoms with Gasteiger partial charge in [0.2, 0.25) is 0 Å². The molecule has 2 saturated heterocycles. The molecule has 2 unspecified atom stereocenters. The van der Waals surface area contributed by atoms with Gasteiger partial charge in [-0.15, -0.1) is 11.8 Å². The second-order valence-corrected chi connectivity index (χ2v) is 6.72. The van der Waals surface area contributed by atoms with Crippen molar-refractivity contribution in [3.8, 4) is 0 Å². The molecule has 0 spiro atoms. The van der Waals surface area contributed by atoms with Crippen LogP contribution >= 0.6 is 24.0 Å². The summed E-state index contributed by atoms with van der Waals surface area (Å²) in [5.74, 6) is 0.933. The Morgan fingerprint density at radius 3 is 2.83 bits per heavy atom. The quantitative estimate of drug-likeness (QED) is 0.690. The summed E-state index contributed by atoms with van der Waals surface area (Å²) in [6, 6.07) is 0. The molecule has 0 aromatic carbocycles. The molecular formula is C10H17N3O3S2. The summed E-state index contributed by atoms with van der Waals surface area (Å²) < 4.78 is 5.13. The lowest BCUT2D eigenvalue weighted by molar-refractivity contribution is 0.00702. The van der Waals surface area contributed by atoms with Gasteiger partial charge in [0.15, 0.2) is 11.3 Å². The number of rotatable bonds is 1. The van der Waals surface area contributed by atoms with Gasteiger partial charge >= 0.3 is 6.09 Å². The third-order valence-electron chi connectivity index (χ3n) is 2.51. The van der Waals surface area contributed by atoms with Crippen LogP contribution in [0.1, 0.15) is 20.8 Å². The summed E-state index contributed by atoms with van der Waals surface area (Å²) in [5.41, 5.74) is 1.91. The van der Waals surface area contributed by atoms with Crippen molar-refractivity contribution in [1.29, 1.82) is 0 Å². The van der Waals surface area contributed by atoms with Crippen molar-refractivity contribution < 1.29 is 14.6 Å². The number of carbonyl (C=O) groups excluding carboxylic acids is 1. The number of hydrazine groups is 1. The standard InChI is InChI=1S/C10H17N3O3S2/c1-10(2,3)16-8(15)11-13-6(14)7-12(9(13)17)4-5-18-7/h6-7,14H,4-5H2,1-3H3,(H,11,15). The van der Waals surface area contributed by atoms with Crippen molar-refractivity contribution in [1.82, 2.24) is 15.3 Å². The molecule has 0 aromatic rings. The van der Waals surface area contributed by atoms with Crippen molar-refractivity contribution in [3.63, 3.8) is 0 Å². The largest absolute Gasteiger partial charge is 0.443 e. The summed E-state index contributed by atoms with van der Waals surface area (Å²) >= 11 is 6.85. The normalized spacial score (nSPS) is 27.4. The Hall–Kier alpha value is -0.730. The van der Waals surface area contributed by atoms with E-state index in [1.165, 1.54) is 5.01 Å². The molecule has 18 heavy (non-hydrogen) atoms. The van der Waals surface area contributed by atoms with E-state index in [9.17, 15) is 9.90 Å². The zero-order valence-corrected chi connectivity index (χ0v) is 12.2. The Labute approximate surface area is 116 Å². The highest BCUT2D eigenvalue weighted by Gasteiger charge is 2.46. The van der Waals surface area contributed by atoms with Gasteiger partial charge in [-0.3, -0.25) is 0 Å². The monoisotopic (exact) mass is 291 g/mol. The fourth-order valence-electron chi connectivity index (χ4n) is 1.83. The predicted octanol–water partition coefficient (Wildman–Crippen LogP) is 0.720. The van der Waals surface area contributed by atoms with E-state index in [4.69, 9.17) is 17.0 Å². The maximum atomic E-state index is 11.7. The topological polar surface area (TPSA) is 65.0 Å². The minimum absolute atomic E-state index is 0.104. The van der Waals surface area contributed by atoms with Crippen molar-refractivity contribution >= 4 is 35.2 Å². The SMILES string of the molecule is CC(C)(C)OC(=O)NN1C(=S)N2CCSC2C1O. The molecule has 0 bridgehead atoms. The highest BCUT2D eigenvalue weighted by Crippen LogP contribution is 2.33. The number of thioether (sulfide) groups is 1. The Bertz CT molecular complexity index is 372. The van der Waals surface area contributed by atoms with Crippen LogP contribution < -0.4 is 5.43 Å². The lowest BCUT2D eigenvalue weighted by atomic mass is 10.2.